The molecule has 0 fully saturated rings. The van der Waals surface area contributed by atoms with E-state index in [0.29, 0.717) is 5.92 Å². The van der Waals surface area contributed by atoms with E-state index < -0.39 is 5.41 Å². The summed E-state index contributed by atoms with van der Waals surface area (Å²) in [5.41, 5.74) is 30.5. The standard InChI is InChI=1S/C72H53N/c1-47-23-42-65-66-43-24-48(2)46-70(66)72(69(65)45-47)68-22-11-10-19-64(68)67-21-12-20-61(71(67)72)55-33-40-58(41-34-55)73(56-36-29-51(30-37-56)49-13-4-3-5-14-49)57-38-31-52(32-39-57)50-25-27-54(28-26-50)60-44-35-53-15-6-7-16-59(53)62-17-8-9-18-63(60)62/h3-34,36-43,45-46,60H,35,44H2,1-2H3. The minimum atomic E-state index is -0.439. The van der Waals surface area contributed by atoms with Crippen LogP contribution in [0.15, 0.2) is 255 Å². The molecule has 0 amide bonds. The van der Waals surface area contributed by atoms with Crippen molar-refractivity contribution >= 4 is 17.1 Å². The highest BCUT2D eigenvalue weighted by molar-refractivity contribution is 5.99. The topological polar surface area (TPSA) is 3.24 Å². The number of hydrogen-bond acceptors (Lipinski definition) is 1. The van der Waals surface area contributed by atoms with Crippen LogP contribution in [-0.2, 0) is 11.8 Å². The lowest BCUT2D eigenvalue weighted by molar-refractivity contribution is 0.726. The van der Waals surface area contributed by atoms with E-state index in [-0.39, 0.29) is 0 Å². The van der Waals surface area contributed by atoms with Gasteiger partial charge in [0.1, 0.15) is 0 Å². The molecule has 1 heteroatoms. The Morgan fingerprint density at radius 2 is 0.808 bits per heavy atom. The predicted molar refractivity (Wildman–Crippen MR) is 305 cm³/mol. The van der Waals surface area contributed by atoms with E-state index in [9.17, 15) is 0 Å². The van der Waals surface area contributed by atoms with E-state index >= 15 is 0 Å². The van der Waals surface area contributed by atoms with E-state index in [0.717, 1.165) is 29.9 Å². The fourth-order valence-corrected chi connectivity index (χ4v) is 12.9. The molecule has 14 rings (SSSR count). The SMILES string of the molecule is Cc1ccc2c(c1)C1(c3cc(C)ccc3-2)c2ccccc2-c2cccc(-c3ccc(N(c4ccc(-c5ccccc5)cc4)c4ccc(-c5ccc(C6CCc7ccccc7-c7ccccc76)cc5)cc4)cc3)c21. The van der Waals surface area contributed by atoms with Crippen molar-refractivity contribution in [1.29, 1.82) is 0 Å². The molecule has 1 unspecified atom stereocenters. The van der Waals surface area contributed by atoms with Crippen molar-refractivity contribution in [3.63, 3.8) is 0 Å². The third kappa shape index (κ3) is 6.91. The maximum atomic E-state index is 2.45. The van der Waals surface area contributed by atoms with Gasteiger partial charge in [-0.15, -0.1) is 0 Å². The molecule has 3 aliphatic carbocycles. The molecule has 0 heterocycles. The minimum Gasteiger partial charge on any atom is -0.311 e. The fraction of sp³-hybridized carbons (Fsp3) is 0.0833. The zero-order chi connectivity index (χ0) is 48.6. The summed E-state index contributed by atoms with van der Waals surface area (Å²) < 4.78 is 0. The minimum absolute atomic E-state index is 0.346. The molecule has 346 valence electrons. The van der Waals surface area contributed by atoms with Crippen molar-refractivity contribution in [2.45, 2.75) is 38.0 Å². The second-order valence-corrected chi connectivity index (χ2v) is 20.4. The summed E-state index contributed by atoms with van der Waals surface area (Å²) in [5.74, 6) is 0.346. The van der Waals surface area contributed by atoms with Crippen molar-refractivity contribution in [3.05, 3.63) is 305 Å². The maximum absolute atomic E-state index is 2.45. The summed E-state index contributed by atoms with van der Waals surface area (Å²) >= 11 is 0. The molecule has 1 nitrogen and oxygen atoms in total. The number of anilines is 3. The summed E-state index contributed by atoms with van der Waals surface area (Å²) in [4.78, 5) is 2.40. The second kappa shape index (κ2) is 17.2. The number of aryl methyl sites for hydroxylation is 3. The molecular formula is C72H53N. The molecule has 11 aromatic rings. The number of hydrogen-bond donors (Lipinski definition) is 0. The molecule has 0 aromatic heterocycles. The first-order chi connectivity index (χ1) is 36.0. The number of fused-ring (bicyclic) bond motifs is 13. The summed E-state index contributed by atoms with van der Waals surface area (Å²) in [7, 11) is 0. The van der Waals surface area contributed by atoms with Gasteiger partial charge in [0.15, 0.2) is 0 Å². The van der Waals surface area contributed by atoms with Crippen LogP contribution in [0.5, 0.6) is 0 Å². The van der Waals surface area contributed by atoms with Crippen LogP contribution in [0, 0.1) is 13.8 Å². The first kappa shape index (κ1) is 43.0. The Morgan fingerprint density at radius 1 is 0.342 bits per heavy atom. The Kier molecular flexibility index (Phi) is 10.2. The third-order valence-corrected chi connectivity index (χ3v) is 16.3. The Balaban J connectivity index is 0.839. The molecule has 0 radical (unpaired) electrons. The smallest absolute Gasteiger partial charge is 0.0731 e. The van der Waals surface area contributed by atoms with Gasteiger partial charge in [-0.05, 0) is 169 Å². The maximum Gasteiger partial charge on any atom is 0.0731 e. The lowest BCUT2D eigenvalue weighted by Gasteiger charge is -2.32. The number of nitrogens with zero attached hydrogens (tertiary/aromatic N) is 1. The zero-order valence-corrected chi connectivity index (χ0v) is 41.2. The Bertz CT molecular complexity index is 3850. The normalized spacial score (nSPS) is 14.3. The van der Waals surface area contributed by atoms with Crippen molar-refractivity contribution in [1.82, 2.24) is 0 Å². The molecule has 0 aliphatic heterocycles. The Morgan fingerprint density at radius 3 is 1.44 bits per heavy atom. The van der Waals surface area contributed by atoms with Crippen LogP contribution in [0.25, 0.3) is 66.8 Å². The van der Waals surface area contributed by atoms with E-state index in [1.54, 1.807) is 0 Å². The van der Waals surface area contributed by atoms with E-state index in [2.05, 4.69) is 274 Å². The van der Waals surface area contributed by atoms with Gasteiger partial charge in [0.05, 0.1) is 5.41 Å². The van der Waals surface area contributed by atoms with Gasteiger partial charge in [0.2, 0.25) is 0 Å². The van der Waals surface area contributed by atoms with Crippen LogP contribution in [0.2, 0.25) is 0 Å². The summed E-state index contributed by atoms with van der Waals surface area (Å²) in [6, 6.07) is 95.7. The highest BCUT2D eigenvalue weighted by atomic mass is 15.1. The fourth-order valence-electron chi connectivity index (χ4n) is 12.9. The van der Waals surface area contributed by atoms with Crippen molar-refractivity contribution in [2.75, 3.05) is 4.90 Å². The molecule has 3 aliphatic rings. The first-order valence-corrected chi connectivity index (χ1v) is 25.9. The molecule has 1 atom stereocenters. The highest BCUT2D eigenvalue weighted by Crippen LogP contribution is 2.65. The van der Waals surface area contributed by atoms with Gasteiger partial charge in [-0.25, -0.2) is 0 Å². The van der Waals surface area contributed by atoms with Crippen LogP contribution in [0.1, 0.15) is 62.4 Å². The van der Waals surface area contributed by atoms with Gasteiger partial charge in [-0.2, -0.15) is 0 Å². The van der Waals surface area contributed by atoms with Gasteiger partial charge in [-0.3, -0.25) is 0 Å². The average Bonchev–Trinajstić information content (AvgIpc) is 3.83. The van der Waals surface area contributed by atoms with E-state index in [1.807, 2.05) is 0 Å². The van der Waals surface area contributed by atoms with Gasteiger partial charge >= 0.3 is 0 Å². The van der Waals surface area contributed by atoms with Gasteiger partial charge in [-0.1, -0.05) is 230 Å². The zero-order valence-electron chi connectivity index (χ0n) is 41.2. The van der Waals surface area contributed by atoms with Crippen molar-refractivity contribution in [2.24, 2.45) is 0 Å². The number of rotatable bonds is 7. The van der Waals surface area contributed by atoms with Crippen molar-refractivity contribution < 1.29 is 0 Å². The van der Waals surface area contributed by atoms with Crippen molar-refractivity contribution in [3.8, 4) is 66.8 Å². The van der Waals surface area contributed by atoms with E-state index in [4.69, 9.17) is 0 Å². The van der Waals surface area contributed by atoms with Crippen LogP contribution in [0.4, 0.5) is 17.1 Å². The van der Waals surface area contributed by atoms with E-state index in [1.165, 1.54) is 117 Å². The second-order valence-electron chi connectivity index (χ2n) is 20.4. The largest absolute Gasteiger partial charge is 0.311 e. The highest BCUT2D eigenvalue weighted by Gasteiger charge is 2.53. The van der Waals surface area contributed by atoms with Crippen LogP contribution in [0.3, 0.4) is 0 Å². The van der Waals surface area contributed by atoms with Crippen LogP contribution >= 0.6 is 0 Å². The van der Waals surface area contributed by atoms with Gasteiger partial charge < -0.3 is 4.90 Å². The molecule has 11 aromatic carbocycles. The first-order valence-electron chi connectivity index (χ1n) is 25.9. The Labute approximate surface area is 429 Å². The molecule has 1 spiro atoms. The predicted octanol–water partition coefficient (Wildman–Crippen LogP) is 18.9. The molecule has 0 saturated carbocycles. The molecule has 0 saturated heterocycles. The molecule has 73 heavy (non-hydrogen) atoms. The Hall–Kier alpha value is -8.78. The molecule has 0 bridgehead atoms. The lowest BCUT2D eigenvalue weighted by Crippen LogP contribution is -2.27. The van der Waals surface area contributed by atoms with Gasteiger partial charge in [0.25, 0.3) is 0 Å². The van der Waals surface area contributed by atoms with Crippen LogP contribution < -0.4 is 4.90 Å². The van der Waals surface area contributed by atoms with Gasteiger partial charge in [0, 0.05) is 23.0 Å². The van der Waals surface area contributed by atoms with Crippen LogP contribution in [-0.4, -0.2) is 0 Å². The monoisotopic (exact) mass is 931 g/mol. The summed E-state index contributed by atoms with van der Waals surface area (Å²) in [6.45, 7) is 4.47. The lowest BCUT2D eigenvalue weighted by atomic mass is 9.68. The summed E-state index contributed by atoms with van der Waals surface area (Å²) in [6.07, 6.45) is 2.16. The summed E-state index contributed by atoms with van der Waals surface area (Å²) in [5, 5.41) is 0. The quantitative estimate of drug-likeness (QED) is 0.154. The molecular weight excluding hydrogens is 879 g/mol. The average molecular weight is 932 g/mol. The number of benzene rings is 11. The third-order valence-electron chi connectivity index (χ3n) is 16.3. The molecule has 0 N–H and O–H groups in total.